The molecule has 0 aromatic heterocycles. The molecule has 0 fully saturated rings. The lowest BCUT2D eigenvalue weighted by atomic mass is 9.96. The van der Waals surface area contributed by atoms with E-state index in [4.69, 9.17) is 4.74 Å². The van der Waals surface area contributed by atoms with Gasteiger partial charge in [0.1, 0.15) is 0 Å². The van der Waals surface area contributed by atoms with Crippen molar-refractivity contribution in [2.45, 2.75) is 59.0 Å². The van der Waals surface area contributed by atoms with Crippen molar-refractivity contribution in [1.29, 1.82) is 0 Å². The van der Waals surface area contributed by atoms with Gasteiger partial charge in [0.2, 0.25) is 0 Å². The van der Waals surface area contributed by atoms with Crippen LogP contribution in [-0.4, -0.2) is 23.7 Å². The summed E-state index contributed by atoms with van der Waals surface area (Å²) in [6.07, 6.45) is 0.781. The van der Waals surface area contributed by atoms with Crippen molar-refractivity contribution in [3.63, 3.8) is 0 Å². The molecule has 0 unspecified atom stereocenters. The van der Waals surface area contributed by atoms with Gasteiger partial charge >= 0.3 is 5.97 Å². The molecule has 0 atom stereocenters. The maximum absolute atomic E-state index is 11.2. The normalized spacial score (nSPS) is 12.4. The molecule has 0 spiro atoms. The van der Waals surface area contributed by atoms with Gasteiger partial charge in [0.05, 0.1) is 6.61 Å². The summed E-state index contributed by atoms with van der Waals surface area (Å²) < 4.78 is 5.08. The summed E-state index contributed by atoms with van der Waals surface area (Å²) in [5, 5.41) is 3.48. The smallest absolute Gasteiger partial charge is 0.333 e. The van der Waals surface area contributed by atoms with Crippen LogP contribution in [-0.2, 0) is 9.53 Å². The number of hydrogen-bond acceptors (Lipinski definition) is 3. The number of rotatable bonds is 5. The molecular formula is C13H25NO2. The molecule has 0 aliphatic carbocycles. The van der Waals surface area contributed by atoms with Crippen LogP contribution in [0.2, 0.25) is 0 Å². The third-order valence-electron chi connectivity index (χ3n) is 2.02. The summed E-state index contributed by atoms with van der Waals surface area (Å²) in [6.45, 7) is 16.2. The van der Waals surface area contributed by atoms with Crippen molar-refractivity contribution in [2.75, 3.05) is 6.61 Å². The SMILES string of the molecule is C=C(C)C(=O)OCCC(C)(C)NC(C)(C)C. The third-order valence-corrected chi connectivity index (χ3v) is 2.02. The Labute approximate surface area is 99.3 Å². The van der Waals surface area contributed by atoms with Crippen molar-refractivity contribution in [3.05, 3.63) is 12.2 Å². The highest BCUT2D eigenvalue weighted by atomic mass is 16.5. The lowest BCUT2D eigenvalue weighted by molar-refractivity contribution is -0.139. The first-order valence-electron chi connectivity index (χ1n) is 5.65. The third kappa shape index (κ3) is 7.46. The Hall–Kier alpha value is -0.830. The lowest BCUT2D eigenvalue weighted by Crippen LogP contribution is -2.50. The first-order valence-corrected chi connectivity index (χ1v) is 5.65. The fourth-order valence-corrected chi connectivity index (χ4v) is 1.60. The van der Waals surface area contributed by atoms with E-state index in [9.17, 15) is 4.79 Å². The number of esters is 1. The van der Waals surface area contributed by atoms with Crippen LogP contribution >= 0.6 is 0 Å². The highest BCUT2D eigenvalue weighted by Crippen LogP contribution is 2.14. The Morgan fingerprint density at radius 3 is 2.12 bits per heavy atom. The van der Waals surface area contributed by atoms with Crippen LogP contribution in [0.3, 0.4) is 0 Å². The van der Waals surface area contributed by atoms with Gasteiger partial charge in [0.15, 0.2) is 0 Å². The summed E-state index contributed by atoms with van der Waals surface area (Å²) >= 11 is 0. The van der Waals surface area contributed by atoms with Crippen molar-refractivity contribution in [3.8, 4) is 0 Å². The van der Waals surface area contributed by atoms with E-state index in [1.54, 1.807) is 6.92 Å². The zero-order chi connectivity index (χ0) is 13.0. The number of carbonyl (C=O) groups is 1. The average molecular weight is 227 g/mol. The van der Waals surface area contributed by atoms with E-state index < -0.39 is 0 Å². The van der Waals surface area contributed by atoms with E-state index in [0.717, 1.165) is 6.42 Å². The maximum Gasteiger partial charge on any atom is 0.333 e. The zero-order valence-corrected chi connectivity index (χ0v) is 11.4. The predicted molar refractivity (Wildman–Crippen MR) is 67.4 cm³/mol. The van der Waals surface area contributed by atoms with Gasteiger partial charge in [-0.3, -0.25) is 0 Å². The molecule has 0 radical (unpaired) electrons. The van der Waals surface area contributed by atoms with Crippen LogP contribution < -0.4 is 5.32 Å². The van der Waals surface area contributed by atoms with Crippen LogP contribution in [0.25, 0.3) is 0 Å². The molecule has 3 nitrogen and oxygen atoms in total. The van der Waals surface area contributed by atoms with Crippen LogP contribution in [0.5, 0.6) is 0 Å². The van der Waals surface area contributed by atoms with E-state index in [2.05, 4.69) is 46.5 Å². The van der Waals surface area contributed by atoms with Gasteiger partial charge < -0.3 is 10.1 Å². The molecule has 3 heteroatoms. The monoisotopic (exact) mass is 227 g/mol. The summed E-state index contributed by atoms with van der Waals surface area (Å²) in [5.74, 6) is -0.313. The van der Waals surface area contributed by atoms with Gasteiger partial charge in [-0.2, -0.15) is 0 Å². The highest BCUT2D eigenvalue weighted by Gasteiger charge is 2.24. The number of ether oxygens (including phenoxy) is 1. The van der Waals surface area contributed by atoms with Crippen molar-refractivity contribution < 1.29 is 9.53 Å². The topological polar surface area (TPSA) is 38.3 Å². The molecular weight excluding hydrogens is 202 g/mol. The first kappa shape index (κ1) is 15.2. The number of nitrogens with one attached hydrogen (secondary N) is 1. The van der Waals surface area contributed by atoms with E-state index in [0.29, 0.717) is 12.2 Å². The van der Waals surface area contributed by atoms with E-state index >= 15 is 0 Å². The molecule has 0 heterocycles. The Kier molecular flexibility index (Phi) is 5.20. The summed E-state index contributed by atoms with van der Waals surface area (Å²) in [5.41, 5.74) is 0.455. The molecule has 1 N–H and O–H groups in total. The summed E-state index contributed by atoms with van der Waals surface area (Å²) in [4.78, 5) is 11.2. The second-order valence-corrected chi connectivity index (χ2v) is 5.93. The average Bonchev–Trinajstić information content (AvgIpc) is 1.98. The molecule has 0 aliphatic rings. The minimum absolute atomic E-state index is 0.0480. The van der Waals surface area contributed by atoms with Gasteiger partial charge in [-0.1, -0.05) is 6.58 Å². The molecule has 0 aromatic carbocycles. The number of carbonyl (C=O) groups excluding carboxylic acids is 1. The Bertz CT molecular complexity index is 262. The Morgan fingerprint density at radius 1 is 1.25 bits per heavy atom. The van der Waals surface area contributed by atoms with E-state index in [1.165, 1.54) is 0 Å². The molecule has 0 saturated heterocycles. The summed E-state index contributed by atoms with van der Waals surface area (Å²) in [7, 11) is 0. The van der Waals surface area contributed by atoms with Crippen LogP contribution in [0.1, 0.15) is 48.0 Å². The van der Waals surface area contributed by atoms with Gasteiger partial charge in [-0.15, -0.1) is 0 Å². The largest absolute Gasteiger partial charge is 0.462 e. The standard InChI is InChI=1S/C13H25NO2/c1-10(2)11(15)16-9-8-13(6,7)14-12(3,4)5/h14H,1,8-9H2,2-7H3. The predicted octanol–water partition coefficient (Wildman–Crippen LogP) is 2.66. The number of hydrogen-bond donors (Lipinski definition) is 1. The molecule has 0 bridgehead atoms. The van der Waals surface area contributed by atoms with Gasteiger partial charge in [0.25, 0.3) is 0 Å². The molecule has 16 heavy (non-hydrogen) atoms. The molecule has 0 amide bonds. The molecule has 0 saturated carbocycles. The van der Waals surface area contributed by atoms with E-state index in [1.807, 2.05) is 0 Å². The van der Waals surface area contributed by atoms with Crippen LogP contribution in [0.4, 0.5) is 0 Å². The molecule has 0 aliphatic heterocycles. The van der Waals surface area contributed by atoms with Gasteiger partial charge in [-0.25, -0.2) is 4.79 Å². The molecule has 0 rings (SSSR count). The van der Waals surface area contributed by atoms with Crippen molar-refractivity contribution in [2.24, 2.45) is 0 Å². The van der Waals surface area contributed by atoms with E-state index in [-0.39, 0.29) is 17.0 Å². The Morgan fingerprint density at radius 2 is 1.75 bits per heavy atom. The highest BCUT2D eigenvalue weighted by molar-refractivity contribution is 5.86. The minimum Gasteiger partial charge on any atom is -0.462 e. The van der Waals surface area contributed by atoms with Crippen molar-refractivity contribution in [1.82, 2.24) is 5.32 Å². The second kappa shape index (κ2) is 5.48. The minimum atomic E-state index is -0.313. The Balaban J connectivity index is 4.01. The fraction of sp³-hybridized carbons (Fsp3) is 0.769. The fourth-order valence-electron chi connectivity index (χ4n) is 1.60. The zero-order valence-electron chi connectivity index (χ0n) is 11.4. The van der Waals surface area contributed by atoms with Gasteiger partial charge in [-0.05, 0) is 48.0 Å². The van der Waals surface area contributed by atoms with Crippen molar-refractivity contribution >= 4 is 5.97 Å². The first-order chi connectivity index (χ1) is 7.03. The maximum atomic E-state index is 11.2. The van der Waals surface area contributed by atoms with Crippen LogP contribution in [0, 0.1) is 0 Å². The second-order valence-electron chi connectivity index (χ2n) is 5.93. The molecule has 0 aromatic rings. The van der Waals surface area contributed by atoms with Gasteiger partial charge in [0, 0.05) is 16.7 Å². The summed E-state index contributed by atoms with van der Waals surface area (Å²) in [6, 6.07) is 0. The quantitative estimate of drug-likeness (QED) is 0.579. The molecule has 94 valence electrons. The lowest BCUT2D eigenvalue weighted by Gasteiger charge is -2.34. The van der Waals surface area contributed by atoms with Crippen LogP contribution in [0.15, 0.2) is 12.2 Å².